The molecule has 3 rings (SSSR count). The summed E-state index contributed by atoms with van der Waals surface area (Å²) in [6.45, 7) is 7.29. The van der Waals surface area contributed by atoms with E-state index in [4.69, 9.17) is 4.74 Å². The number of methoxy groups -OCH3 is 1. The van der Waals surface area contributed by atoms with Gasteiger partial charge in [0.2, 0.25) is 5.91 Å². The van der Waals surface area contributed by atoms with E-state index in [0.717, 1.165) is 28.0 Å². The van der Waals surface area contributed by atoms with Crippen LogP contribution in [-0.4, -0.2) is 28.0 Å². The van der Waals surface area contributed by atoms with E-state index in [-0.39, 0.29) is 17.5 Å². The maximum atomic E-state index is 13.5. The van der Waals surface area contributed by atoms with Gasteiger partial charge in [0.15, 0.2) is 0 Å². The third-order valence-corrected chi connectivity index (χ3v) is 7.46. The van der Waals surface area contributed by atoms with E-state index in [9.17, 15) is 13.2 Å². The minimum atomic E-state index is -3.95. The summed E-state index contributed by atoms with van der Waals surface area (Å²) in [6, 6.07) is 19.1. The first kappa shape index (κ1) is 24.3. The second kappa shape index (κ2) is 10.1. The highest BCUT2D eigenvalue weighted by Gasteiger charge is 2.28. The van der Waals surface area contributed by atoms with Crippen LogP contribution in [0.15, 0.2) is 71.6 Å². The summed E-state index contributed by atoms with van der Waals surface area (Å²) in [5.41, 5.74) is 4.29. The van der Waals surface area contributed by atoms with Crippen molar-refractivity contribution in [2.24, 2.45) is 0 Å². The normalized spacial score (nSPS) is 12.2. The van der Waals surface area contributed by atoms with Gasteiger partial charge in [-0.25, -0.2) is 8.42 Å². The first-order chi connectivity index (χ1) is 15.6. The molecular weight excluding hydrogens is 436 g/mol. The number of anilines is 1. The monoisotopic (exact) mass is 466 g/mol. The van der Waals surface area contributed by atoms with Crippen LogP contribution in [0.4, 0.5) is 5.69 Å². The summed E-state index contributed by atoms with van der Waals surface area (Å²) < 4.78 is 33.4. The van der Waals surface area contributed by atoms with Crippen molar-refractivity contribution in [3.8, 4) is 5.75 Å². The van der Waals surface area contributed by atoms with Crippen molar-refractivity contribution >= 4 is 21.6 Å². The van der Waals surface area contributed by atoms with Crippen molar-refractivity contribution in [3.05, 3.63) is 89.0 Å². The standard InChI is InChI=1S/C26H30N2O4S/c1-18-6-14-25(15-7-18)33(30,31)28(23-11-8-19(2)20(3)16-23)17-26(29)27-21(4)22-9-12-24(32-5)13-10-22/h6-16,21H,17H2,1-5H3,(H,27,29)/t21-/m1/s1. The van der Waals surface area contributed by atoms with E-state index in [1.54, 1.807) is 43.5 Å². The topological polar surface area (TPSA) is 75.7 Å². The number of nitrogens with one attached hydrogen (secondary N) is 1. The van der Waals surface area contributed by atoms with Crippen LogP contribution in [0, 0.1) is 20.8 Å². The number of nitrogens with zero attached hydrogens (tertiary/aromatic N) is 1. The van der Waals surface area contributed by atoms with Gasteiger partial charge in [0.05, 0.1) is 23.7 Å². The fourth-order valence-corrected chi connectivity index (χ4v) is 4.84. The van der Waals surface area contributed by atoms with Crippen LogP contribution in [0.2, 0.25) is 0 Å². The van der Waals surface area contributed by atoms with Crippen LogP contribution in [0.3, 0.4) is 0 Å². The summed E-state index contributed by atoms with van der Waals surface area (Å²) in [5, 5.41) is 2.91. The van der Waals surface area contributed by atoms with Gasteiger partial charge in [0, 0.05) is 0 Å². The Morgan fingerprint density at radius 3 is 2.15 bits per heavy atom. The van der Waals surface area contributed by atoms with Crippen molar-refractivity contribution in [1.82, 2.24) is 5.32 Å². The zero-order valence-corrected chi connectivity index (χ0v) is 20.4. The zero-order valence-electron chi connectivity index (χ0n) is 19.6. The van der Waals surface area contributed by atoms with Gasteiger partial charge in [-0.05, 0) is 80.8 Å². The van der Waals surface area contributed by atoms with E-state index >= 15 is 0 Å². The maximum Gasteiger partial charge on any atom is 0.264 e. The number of carbonyl (C=O) groups is 1. The Hall–Kier alpha value is -3.32. The van der Waals surface area contributed by atoms with Gasteiger partial charge in [-0.1, -0.05) is 35.9 Å². The molecule has 0 saturated carbocycles. The lowest BCUT2D eigenvalue weighted by Crippen LogP contribution is -2.41. The highest BCUT2D eigenvalue weighted by molar-refractivity contribution is 7.92. The summed E-state index contributed by atoms with van der Waals surface area (Å²) >= 11 is 0. The first-order valence-electron chi connectivity index (χ1n) is 10.7. The lowest BCUT2D eigenvalue weighted by atomic mass is 10.1. The Morgan fingerprint density at radius 2 is 1.58 bits per heavy atom. The van der Waals surface area contributed by atoms with Gasteiger partial charge in [-0.2, -0.15) is 0 Å². The molecule has 6 nitrogen and oxygen atoms in total. The quantitative estimate of drug-likeness (QED) is 0.522. The van der Waals surface area contributed by atoms with Crippen molar-refractivity contribution < 1.29 is 17.9 Å². The van der Waals surface area contributed by atoms with E-state index in [2.05, 4.69) is 5.32 Å². The predicted molar refractivity (Wildman–Crippen MR) is 131 cm³/mol. The fourth-order valence-electron chi connectivity index (χ4n) is 3.43. The number of hydrogen-bond acceptors (Lipinski definition) is 4. The zero-order chi connectivity index (χ0) is 24.2. The molecule has 0 aliphatic heterocycles. The van der Waals surface area contributed by atoms with Gasteiger partial charge in [-0.3, -0.25) is 9.10 Å². The van der Waals surface area contributed by atoms with Gasteiger partial charge in [0.1, 0.15) is 12.3 Å². The van der Waals surface area contributed by atoms with E-state index < -0.39 is 15.9 Å². The van der Waals surface area contributed by atoms with E-state index in [1.165, 1.54) is 4.31 Å². The lowest BCUT2D eigenvalue weighted by Gasteiger charge is -2.26. The Labute approximate surface area is 196 Å². The van der Waals surface area contributed by atoms with E-state index in [1.807, 2.05) is 58.0 Å². The summed E-state index contributed by atoms with van der Waals surface area (Å²) in [6.07, 6.45) is 0. The first-order valence-corrected chi connectivity index (χ1v) is 12.2. The molecule has 0 aromatic heterocycles. The summed E-state index contributed by atoms with van der Waals surface area (Å²) in [4.78, 5) is 13.1. The van der Waals surface area contributed by atoms with Crippen LogP contribution in [0.25, 0.3) is 0 Å². The molecule has 0 radical (unpaired) electrons. The highest BCUT2D eigenvalue weighted by atomic mass is 32.2. The molecule has 0 spiro atoms. The van der Waals surface area contributed by atoms with Crippen LogP contribution in [-0.2, 0) is 14.8 Å². The SMILES string of the molecule is COc1ccc([C@@H](C)NC(=O)CN(c2ccc(C)c(C)c2)S(=O)(=O)c2ccc(C)cc2)cc1. The molecule has 0 unspecified atom stereocenters. The maximum absolute atomic E-state index is 13.5. The number of sulfonamides is 1. The van der Waals surface area contributed by atoms with Gasteiger partial charge >= 0.3 is 0 Å². The van der Waals surface area contributed by atoms with E-state index in [0.29, 0.717) is 5.69 Å². The Bertz CT molecular complexity index is 1220. The number of ether oxygens (including phenoxy) is 1. The molecule has 3 aromatic carbocycles. The molecule has 0 aliphatic carbocycles. The van der Waals surface area contributed by atoms with Crippen molar-refractivity contribution in [2.45, 2.75) is 38.6 Å². The molecule has 0 bridgehead atoms. The Kier molecular flexibility index (Phi) is 7.43. The molecule has 0 heterocycles. The summed E-state index contributed by atoms with van der Waals surface area (Å²) in [7, 11) is -2.36. The van der Waals surface area contributed by atoms with Crippen LogP contribution in [0.1, 0.15) is 35.2 Å². The number of aryl methyl sites for hydroxylation is 3. The Balaban J connectivity index is 1.89. The highest BCUT2D eigenvalue weighted by Crippen LogP contribution is 2.26. The molecule has 33 heavy (non-hydrogen) atoms. The number of rotatable bonds is 8. The van der Waals surface area contributed by atoms with Gasteiger partial charge in [0.25, 0.3) is 10.0 Å². The smallest absolute Gasteiger partial charge is 0.264 e. The van der Waals surface area contributed by atoms with Crippen molar-refractivity contribution in [2.75, 3.05) is 18.0 Å². The molecule has 3 aromatic rings. The Morgan fingerprint density at radius 1 is 0.939 bits per heavy atom. The largest absolute Gasteiger partial charge is 0.497 e. The van der Waals surface area contributed by atoms with Crippen molar-refractivity contribution in [3.63, 3.8) is 0 Å². The van der Waals surface area contributed by atoms with Crippen LogP contribution in [0.5, 0.6) is 5.75 Å². The molecule has 0 saturated heterocycles. The lowest BCUT2D eigenvalue weighted by molar-refractivity contribution is -0.120. The minimum absolute atomic E-state index is 0.141. The molecule has 0 fully saturated rings. The third kappa shape index (κ3) is 5.73. The number of amides is 1. The second-order valence-electron chi connectivity index (χ2n) is 8.16. The van der Waals surface area contributed by atoms with Crippen molar-refractivity contribution in [1.29, 1.82) is 0 Å². The van der Waals surface area contributed by atoms with Crippen LogP contribution >= 0.6 is 0 Å². The molecule has 1 N–H and O–H groups in total. The summed E-state index contributed by atoms with van der Waals surface area (Å²) in [5.74, 6) is 0.328. The molecular formula is C26H30N2O4S. The molecule has 1 amide bonds. The average molecular weight is 467 g/mol. The molecule has 1 atom stereocenters. The molecule has 7 heteroatoms. The second-order valence-corrected chi connectivity index (χ2v) is 10.0. The van der Waals surface area contributed by atoms with Gasteiger partial charge < -0.3 is 10.1 Å². The number of hydrogen-bond donors (Lipinski definition) is 1. The molecule has 0 aliphatic rings. The number of carbonyl (C=O) groups excluding carboxylic acids is 1. The van der Waals surface area contributed by atoms with Crippen LogP contribution < -0.4 is 14.4 Å². The number of benzene rings is 3. The minimum Gasteiger partial charge on any atom is -0.497 e. The fraction of sp³-hybridized carbons (Fsp3) is 0.269. The third-order valence-electron chi connectivity index (χ3n) is 5.67. The van der Waals surface area contributed by atoms with Gasteiger partial charge in [-0.15, -0.1) is 0 Å². The average Bonchev–Trinajstić information content (AvgIpc) is 2.79. The predicted octanol–water partition coefficient (Wildman–Crippen LogP) is 4.69. The molecule has 174 valence electrons.